The Morgan fingerprint density at radius 3 is 2.82 bits per heavy atom. The van der Waals surface area contributed by atoms with Gasteiger partial charge in [0.25, 0.3) is 5.89 Å². The molecule has 0 saturated carbocycles. The predicted octanol–water partition coefficient (Wildman–Crippen LogP) is 3.90. The highest BCUT2D eigenvalue weighted by atomic mass is 35.5. The molecule has 0 saturated heterocycles. The lowest BCUT2D eigenvalue weighted by Crippen LogP contribution is -2.04. The standard InChI is InChI=1S/C20H21ClN4O3/c1-4-18-22-19(28-24-18)12-27-20(26)10-9-16-13(2)23-25(14(16)3)11-15-7-5-6-8-17(15)21/h5-10H,4,11-12H2,1-3H3/b10-9+. The van der Waals surface area contributed by atoms with E-state index >= 15 is 0 Å². The van der Waals surface area contributed by atoms with Crippen LogP contribution in [0.25, 0.3) is 6.08 Å². The highest BCUT2D eigenvalue weighted by molar-refractivity contribution is 6.31. The van der Waals surface area contributed by atoms with Gasteiger partial charge in [-0.1, -0.05) is 41.9 Å². The number of esters is 1. The summed E-state index contributed by atoms with van der Waals surface area (Å²) in [4.78, 5) is 16.1. The molecule has 0 fully saturated rings. The predicted molar refractivity (Wildman–Crippen MR) is 105 cm³/mol. The molecule has 7 nitrogen and oxygen atoms in total. The van der Waals surface area contributed by atoms with E-state index in [-0.39, 0.29) is 12.5 Å². The van der Waals surface area contributed by atoms with Crippen LogP contribution < -0.4 is 0 Å². The molecule has 28 heavy (non-hydrogen) atoms. The van der Waals surface area contributed by atoms with E-state index in [2.05, 4.69) is 15.2 Å². The smallest absolute Gasteiger partial charge is 0.331 e. The van der Waals surface area contributed by atoms with E-state index in [4.69, 9.17) is 20.9 Å². The van der Waals surface area contributed by atoms with Crippen molar-refractivity contribution >= 4 is 23.6 Å². The van der Waals surface area contributed by atoms with Crippen molar-refractivity contribution in [1.82, 2.24) is 19.9 Å². The minimum absolute atomic E-state index is 0.0556. The van der Waals surface area contributed by atoms with Crippen LogP contribution in [0.5, 0.6) is 0 Å². The fraction of sp³-hybridized carbons (Fsp3) is 0.300. The molecule has 0 unspecified atom stereocenters. The third-order valence-electron chi connectivity index (χ3n) is 4.27. The van der Waals surface area contributed by atoms with Crippen molar-refractivity contribution < 1.29 is 14.1 Å². The van der Waals surface area contributed by atoms with Crippen molar-refractivity contribution in [2.24, 2.45) is 0 Å². The molecule has 2 aromatic heterocycles. The second-order valence-corrected chi connectivity index (χ2v) is 6.64. The van der Waals surface area contributed by atoms with E-state index in [0.29, 0.717) is 23.8 Å². The van der Waals surface area contributed by atoms with E-state index in [1.54, 1.807) is 6.08 Å². The zero-order valence-corrected chi connectivity index (χ0v) is 16.7. The SMILES string of the molecule is CCc1noc(COC(=O)/C=C/c2c(C)nn(Cc3ccccc3Cl)c2C)n1. The number of carbonyl (C=O) groups is 1. The molecular formula is C20H21ClN4O3. The number of hydrogen-bond acceptors (Lipinski definition) is 6. The van der Waals surface area contributed by atoms with Gasteiger partial charge in [-0.2, -0.15) is 10.1 Å². The van der Waals surface area contributed by atoms with Crippen molar-refractivity contribution in [1.29, 1.82) is 0 Å². The van der Waals surface area contributed by atoms with Gasteiger partial charge in [0.1, 0.15) is 0 Å². The molecule has 1 aromatic carbocycles. The van der Waals surface area contributed by atoms with Gasteiger partial charge in [0.05, 0.1) is 12.2 Å². The molecule has 0 amide bonds. The Labute approximate surface area is 168 Å². The molecule has 0 bridgehead atoms. The van der Waals surface area contributed by atoms with Gasteiger partial charge >= 0.3 is 5.97 Å². The lowest BCUT2D eigenvalue weighted by Gasteiger charge is -2.06. The molecule has 0 N–H and O–H groups in total. The maximum Gasteiger partial charge on any atom is 0.331 e. The zero-order chi connectivity index (χ0) is 20.1. The molecule has 0 spiro atoms. The van der Waals surface area contributed by atoms with E-state index in [9.17, 15) is 4.79 Å². The Morgan fingerprint density at radius 1 is 1.32 bits per heavy atom. The summed E-state index contributed by atoms with van der Waals surface area (Å²) in [6, 6.07) is 7.65. The molecule has 3 aromatic rings. The summed E-state index contributed by atoms with van der Waals surface area (Å²) >= 11 is 6.24. The largest absolute Gasteiger partial charge is 0.452 e. The molecule has 2 heterocycles. The minimum atomic E-state index is -0.492. The van der Waals surface area contributed by atoms with E-state index in [1.165, 1.54) is 6.08 Å². The molecule has 8 heteroatoms. The summed E-state index contributed by atoms with van der Waals surface area (Å²) in [5, 5.41) is 9.01. The van der Waals surface area contributed by atoms with Gasteiger partial charge in [0, 0.05) is 28.8 Å². The average Bonchev–Trinajstić information content (AvgIpc) is 3.25. The Hall–Kier alpha value is -2.93. The topological polar surface area (TPSA) is 83.0 Å². The van der Waals surface area contributed by atoms with Crippen molar-refractivity contribution in [2.45, 2.75) is 40.3 Å². The van der Waals surface area contributed by atoms with Crippen LogP contribution in [0.15, 0.2) is 34.9 Å². The van der Waals surface area contributed by atoms with Crippen LogP contribution >= 0.6 is 11.6 Å². The molecule has 0 aliphatic carbocycles. The summed E-state index contributed by atoms with van der Waals surface area (Å²) in [6.45, 7) is 6.26. The number of rotatable bonds is 7. The number of halogens is 1. The van der Waals surface area contributed by atoms with Gasteiger partial charge in [-0.15, -0.1) is 0 Å². The maximum atomic E-state index is 12.0. The number of benzene rings is 1. The zero-order valence-electron chi connectivity index (χ0n) is 16.0. The van der Waals surface area contributed by atoms with Crippen molar-refractivity contribution in [3.05, 3.63) is 69.6 Å². The number of hydrogen-bond donors (Lipinski definition) is 0. The summed E-state index contributed by atoms with van der Waals surface area (Å²) in [5.74, 6) is 0.367. The molecule has 0 radical (unpaired) electrons. The Kier molecular flexibility index (Phi) is 6.26. The molecule has 3 rings (SSSR count). The number of aryl methyl sites for hydroxylation is 2. The van der Waals surface area contributed by atoms with Gasteiger partial charge in [-0.25, -0.2) is 4.79 Å². The van der Waals surface area contributed by atoms with Gasteiger partial charge < -0.3 is 9.26 Å². The summed E-state index contributed by atoms with van der Waals surface area (Å²) in [7, 11) is 0. The van der Waals surface area contributed by atoms with Gasteiger partial charge in [0.15, 0.2) is 12.4 Å². The first-order valence-electron chi connectivity index (χ1n) is 8.91. The second kappa shape index (κ2) is 8.84. The van der Waals surface area contributed by atoms with Crippen molar-refractivity contribution in [2.75, 3.05) is 0 Å². The fourth-order valence-corrected chi connectivity index (χ4v) is 2.91. The third-order valence-corrected chi connectivity index (χ3v) is 4.63. The van der Waals surface area contributed by atoms with Crippen LogP contribution in [0.1, 0.15) is 41.2 Å². The number of carbonyl (C=O) groups excluding carboxylic acids is 1. The molecular weight excluding hydrogens is 380 g/mol. The first kappa shape index (κ1) is 19.8. The molecule has 0 aliphatic heterocycles. The van der Waals surface area contributed by atoms with Crippen LogP contribution in [0.3, 0.4) is 0 Å². The Morgan fingerprint density at radius 2 is 2.11 bits per heavy atom. The lowest BCUT2D eigenvalue weighted by molar-refractivity contribution is -0.139. The third kappa shape index (κ3) is 4.67. The summed E-state index contributed by atoms with van der Waals surface area (Å²) in [5.41, 5.74) is 3.61. The first-order chi connectivity index (χ1) is 13.5. The van der Waals surface area contributed by atoms with E-state index < -0.39 is 5.97 Å². The molecule has 0 atom stereocenters. The van der Waals surface area contributed by atoms with Crippen molar-refractivity contribution in [3.63, 3.8) is 0 Å². The van der Waals surface area contributed by atoms with Gasteiger partial charge in [-0.3, -0.25) is 4.68 Å². The van der Waals surface area contributed by atoms with Gasteiger partial charge in [0.2, 0.25) is 0 Å². The molecule has 0 aliphatic rings. The number of nitrogens with zero attached hydrogens (tertiary/aromatic N) is 4. The number of aromatic nitrogens is 4. The average molecular weight is 401 g/mol. The fourth-order valence-electron chi connectivity index (χ4n) is 2.72. The lowest BCUT2D eigenvalue weighted by atomic mass is 10.1. The van der Waals surface area contributed by atoms with E-state index in [0.717, 1.165) is 22.5 Å². The number of ether oxygens (including phenoxy) is 1. The highest BCUT2D eigenvalue weighted by Crippen LogP contribution is 2.20. The normalized spacial score (nSPS) is 11.3. The first-order valence-corrected chi connectivity index (χ1v) is 9.29. The Balaban J connectivity index is 1.65. The van der Waals surface area contributed by atoms with Crippen molar-refractivity contribution in [3.8, 4) is 0 Å². The quantitative estimate of drug-likeness (QED) is 0.441. The monoisotopic (exact) mass is 400 g/mol. The van der Waals surface area contributed by atoms with Crippen LogP contribution in [-0.4, -0.2) is 25.9 Å². The van der Waals surface area contributed by atoms with Crippen LogP contribution in [0.4, 0.5) is 0 Å². The summed E-state index contributed by atoms with van der Waals surface area (Å²) in [6.07, 6.45) is 3.73. The summed E-state index contributed by atoms with van der Waals surface area (Å²) < 4.78 is 12.0. The van der Waals surface area contributed by atoms with Crippen LogP contribution in [-0.2, 0) is 29.1 Å². The van der Waals surface area contributed by atoms with Crippen LogP contribution in [0, 0.1) is 13.8 Å². The molecule has 146 valence electrons. The van der Waals surface area contributed by atoms with Gasteiger partial charge in [-0.05, 0) is 31.6 Å². The Bertz CT molecular complexity index is 1010. The maximum absolute atomic E-state index is 12.0. The minimum Gasteiger partial charge on any atom is -0.452 e. The second-order valence-electron chi connectivity index (χ2n) is 6.23. The highest BCUT2D eigenvalue weighted by Gasteiger charge is 2.12. The van der Waals surface area contributed by atoms with E-state index in [1.807, 2.05) is 49.7 Å². The van der Waals surface area contributed by atoms with Crippen LogP contribution in [0.2, 0.25) is 5.02 Å².